The lowest BCUT2D eigenvalue weighted by molar-refractivity contribution is 0.628. The predicted molar refractivity (Wildman–Crippen MR) is 146 cm³/mol. The number of hydrogen-bond donors (Lipinski definition) is 0. The summed E-state index contributed by atoms with van der Waals surface area (Å²) >= 11 is 12.7. The van der Waals surface area contributed by atoms with Gasteiger partial charge in [-0.3, -0.25) is 0 Å². The third-order valence-corrected chi connectivity index (χ3v) is 7.61. The minimum absolute atomic E-state index is 0.0895. The highest BCUT2D eigenvalue weighted by atomic mass is 35.5. The molecule has 5 rings (SSSR count). The molecule has 2 fully saturated rings. The Labute approximate surface area is 222 Å². The average molecular weight is 529 g/mol. The van der Waals surface area contributed by atoms with E-state index in [1.807, 2.05) is 18.3 Å². The number of pyridine rings is 1. The van der Waals surface area contributed by atoms with Crippen molar-refractivity contribution in [3.8, 4) is 11.3 Å². The Kier molecular flexibility index (Phi) is 7.49. The molecule has 190 valence electrons. The predicted octanol–water partition coefficient (Wildman–Crippen LogP) is 6.25. The Morgan fingerprint density at radius 3 is 2.42 bits per heavy atom. The van der Waals surface area contributed by atoms with Crippen LogP contribution in [-0.2, 0) is 6.42 Å². The van der Waals surface area contributed by atoms with Crippen molar-refractivity contribution in [2.45, 2.75) is 45.6 Å². The van der Waals surface area contributed by atoms with Gasteiger partial charge >= 0.3 is 0 Å². The second-order valence-corrected chi connectivity index (χ2v) is 10.4. The minimum atomic E-state index is -0.436. The lowest BCUT2D eigenvalue weighted by Crippen LogP contribution is -2.47. The van der Waals surface area contributed by atoms with Crippen molar-refractivity contribution in [2.75, 3.05) is 47.4 Å². The summed E-state index contributed by atoms with van der Waals surface area (Å²) in [5.74, 6) is 1.99. The highest BCUT2D eigenvalue weighted by molar-refractivity contribution is 6.33. The molecule has 0 amide bonds. The number of piperazine rings is 1. The molecule has 0 N–H and O–H groups in total. The smallest absolute Gasteiger partial charge is 0.228 e. The van der Waals surface area contributed by atoms with Crippen LogP contribution in [0.1, 0.15) is 38.7 Å². The molecular weight excluding hydrogens is 498 g/mol. The summed E-state index contributed by atoms with van der Waals surface area (Å²) in [6.45, 7) is 8.43. The Morgan fingerprint density at radius 2 is 1.75 bits per heavy atom. The maximum absolute atomic E-state index is 13.8. The highest BCUT2D eigenvalue weighted by Gasteiger charge is 2.26. The molecule has 36 heavy (non-hydrogen) atoms. The number of benzene rings is 1. The van der Waals surface area contributed by atoms with Gasteiger partial charge in [-0.05, 0) is 56.0 Å². The van der Waals surface area contributed by atoms with Gasteiger partial charge in [-0.1, -0.05) is 36.5 Å². The molecule has 0 saturated carbocycles. The van der Waals surface area contributed by atoms with Gasteiger partial charge in [-0.2, -0.15) is 4.98 Å². The monoisotopic (exact) mass is 528 g/mol. The standard InChI is InChI=1S/C27H31Cl2FN6/c1-3-5-19-14-22(29)26(31-17-19)35-12-10-34(11-13-35)25-16-24(20-7-8-23(30)21(28)15-20)32-27(33-25)36-9-4-6-18(36)2/h7-8,14-18H,3-6,9-13H2,1-2H3. The summed E-state index contributed by atoms with van der Waals surface area (Å²) in [5, 5.41) is 0.795. The van der Waals surface area contributed by atoms with Gasteiger partial charge in [0.1, 0.15) is 17.5 Å². The van der Waals surface area contributed by atoms with Crippen LogP contribution in [-0.4, -0.2) is 53.7 Å². The lowest BCUT2D eigenvalue weighted by atomic mass is 10.1. The number of anilines is 3. The Balaban J connectivity index is 1.40. The molecule has 0 bridgehead atoms. The molecule has 2 aliphatic heterocycles. The molecule has 9 heteroatoms. The first-order chi connectivity index (χ1) is 17.4. The zero-order chi connectivity index (χ0) is 25.2. The first-order valence-electron chi connectivity index (χ1n) is 12.7. The summed E-state index contributed by atoms with van der Waals surface area (Å²) in [5.41, 5.74) is 2.69. The van der Waals surface area contributed by atoms with Crippen LogP contribution in [0.3, 0.4) is 0 Å². The van der Waals surface area contributed by atoms with Crippen molar-refractivity contribution in [3.05, 3.63) is 58.0 Å². The van der Waals surface area contributed by atoms with E-state index >= 15 is 0 Å². The van der Waals surface area contributed by atoms with Crippen LogP contribution < -0.4 is 14.7 Å². The van der Waals surface area contributed by atoms with E-state index in [-0.39, 0.29) is 5.02 Å². The number of aromatic nitrogens is 3. The van der Waals surface area contributed by atoms with Crippen molar-refractivity contribution in [3.63, 3.8) is 0 Å². The van der Waals surface area contributed by atoms with Gasteiger partial charge in [-0.15, -0.1) is 0 Å². The summed E-state index contributed by atoms with van der Waals surface area (Å²) in [7, 11) is 0. The Hall–Kier alpha value is -2.64. The molecule has 4 heterocycles. The van der Waals surface area contributed by atoms with E-state index in [0.29, 0.717) is 17.0 Å². The van der Waals surface area contributed by atoms with Gasteiger partial charge in [-0.25, -0.2) is 14.4 Å². The molecule has 3 aromatic rings. The highest BCUT2D eigenvalue weighted by Crippen LogP contribution is 2.32. The maximum Gasteiger partial charge on any atom is 0.228 e. The zero-order valence-corrected chi connectivity index (χ0v) is 22.2. The summed E-state index contributed by atoms with van der Waals surface area (Å²) in [4.78, 5) is 21.3. The number of aryl methyl sites for hydroxylation is 1. The van der Waals surface area contributed by atoms with Crippen LogP contribution in [0.25, 0.3) is 11.3 Å². The number of hydrogen-bond acceptors (Lipinski definition) is 6. The summed E-state index contributed by atoms with van der Waals surface area (Å²) < 4.78 is 13.8. The maximum atomic E-state index is 13.8. The lowest BCUT2D eigenvalue weighted by Gasteiger charge is -2.37. The molecule has 1 atom stereocenters. The molecule has 1 unspecified atom stereocenters. The van der Waals surface area contributed by atoms with Crippen LogP contribution in [0.2, 0.25) is 10.0 Å². The largest absolute Gasteiger partial charge is 0.353 e. The number of rotatable bonds is 6. The number of halogens is 3. The van der Waals surface area contributed by atoms with E-state index in [9.17, 15) is 4.39 Å². The van der Waals surface area contributed by atoms with Crippen LogP contribution in [0.15, 0.2) is 36.5 Å². The van der Waals surface area contributed by atoms with Gasteiger partial charge in [0.05, 0.1) is 15.7 Å². The zero-order valence-electron chi connectivity index (χ0n) is 20.7. The van der Waals surface area contributed by atoms with E-state index in [0.717, 1.165) is 81.3 Å². The van der Waals surface area contributed by atoms with Crippen LogP contribution in [0.5, 0.6) is 0 Å². The quantitative estimate of drug-likeness (QED) is 0.376. The molecule has 2 aromatic heterocycles. The molecule has 2 saturated heterocycles. The van der Waals surface area contributed by atoms with Gasteiger partial charge in [0, 0.05) is 56.6 Å². The molecule has 6 nitrogen and oxygen atoms in total. The van der Waals surface area contributed by atoms with E-state index in [2.05, 4.69) is 33.5 Å². The van der Waals surface area contributed by atoms with E-state index in [4.69, 9.17) is 33.2 Å². The third-order valence-electron chi connectivity index (χ3n) is 7.05. The molecule has 0 radical (unpaired) electrons. The van der Waals surface area contributed by atoms with Crippen molar-refractivity contribution in [2.24, 2.45) is 0 Å². The van der Waals surface area contributed by atoms with Crippen LogP contribution in [0.4, 0.5) is 22.0 Å². The Bertz CT molecular complexity index is 1230. The van der Waals surface area contributed by atoms with Gasteiger partial charge in [0.25, 0.3) is 0 Å². The first-order valence-corrected chi connectivity index (χ1v) is 13.4. The molecular formula is C27H31Cl2FN6. The molecule has 0 aliphatic carbocycles. The summed E-state index contributed by atoms with van der Waals surface area (Å²) in [6, 6.07) is 9.14. The average Bonchev–Trinajstić information content (AvgIpc) is 3.32. The minimum Gasteiger partial charge on any atom is -0.353 e. The second-order valence-electron chi connectivity index (χ2n) is 9.60. The van der Waals surface area contributed by atoms with E-state index in [1.165, 1.54) is 11.6 Å². The topological polar surface area (TPSA) is 48.4 Å². The van der Waals surface area contributed by atoms with Crippen molar-refractivity contribution >= 4 is 40.8 Å². The second kappa shape index (κ2) is 10.8. The third kappa shape index (κ3) is 5.23. The number of nitrogens with zero attached hydrogens (tertiary/aromatic N) is 6. The summed E-state index contributed by atoms with van der Waals surface area (Å²) in [6.07, 6.45) is 6.23. The molecule has 2 aliphatic rings. The normalized spacial score (nSPS) is 18.2. The fraction of sp³-hybridized carbons (Fsp3) is 0.444. The van der Waals surface area contributed by atoms with E-state index in [1.54, 1.807) is 12.1 Å². The van der Waals surface area contributed by atoms with Crippen molar-refractivity contribution < 1.29 is 4.39 Å². The van der Waals surface area contributed by atoms with E-state index < -0.39 is 5.82 Å². The Morgan fingerprint density at radius 1 is 0.972 bits per heavy atom. The van der Waals surface area contributed by atoms with Gasteiger partial charge in [0.15, 0.2) is 0 Å². The van der Waals surface area contributed by atoms with Crippen molar-refractivity contribution in [1.82, 2.24) is 15.0 Å². The molecule has 0 spiro atoms. The fourth-order valence-electron chi connectivity index (χ4n) is 5.02. The van der Waals surface area contributed by atoms with Crippen LogP contribution >= 0.6 is 23.2 Å². The van der Waals surface area contributed by atoms with Crippen LogP contribution in [0, 0.1) is 5.82 Å². The first kappa shape index (κ1) is 25.0. The van der Waals surface area contributed by atoms with Crippen molar-refractivity contribution in [1.29, 1.82) is 0 Å². The van der Waals surface area contributed by atoms with Gasteiger partial charge in [0.2, 0.25) is 5.95 Å². The SMILES string of the molecule is CCCc1cnc(N2CCN(c3cc(-c4ccc(F)c(Cl)c4)nc(N4CCCC4C)n3)CC2)c(Cl)c1. The molecule has 1 aromatic carbocycles. The van der Waals surface area contributed by atoms with Gasteiger partial charge < -0.3 is 14.7 Å². The fourth-order valence-corrected chi connectivity index (χ4v) is 5.51.